The molecule has 0 radical (unpaired) electrons. The van der Waals surface area contributed by atoms with Gasteiger partial charge in [-0.2, -0.15) is 0 Å². The maximum atomic E-state index is 13.6. The molecule has 1 aliphatic rings. The number of aromatic amines is 1. The number of H-pyrrole nitrogens is 1. The number of rotatable bonds is 16. The van der Waals surface area contributed by atoms with E-state index in [-0.39, 0.29) is 30.4 Å². The van der Waals surface area contributed by atoms with Crippen LogP contribution in [0.3, 0.4) is 0 Å². The normalized spacial score (nSPS) is 17.5. The molecule has 3 amide bonds. The number of nitrogens with one attached hydrogen (secondary N) is 4. The van der Waals surface area contributed by atoms with Gasteiger partial charge in [0, 0.05) is 29.8 Å². The quantitative estimate of drug-likeness (QED) is 0.173. The third-order valence-electron chi connectivity index (χ3n) is 7.14. The highest BCUT2D eigenvalue weighted by Gasteiger charge is 2.41. The highest BCUT2D eigenvalue weighted by Crippen LogP contribution is 2.28. The Labute approximate surface area is 240 Å². The number of aromatic nitrogens is 1. The molecule has 0 saturated carbocycles. The molecule has 1 aromatic heterocycles. The lowest BCUT2D eigenvalue weighted by Crippen LogP contribution is -2.58. The number of hydrogen-bond acceptors (Lipinski definition) is 6. The van der Waals surface area contributed by atoms with E-state index < -0.39 is 61.3 Å². The Bertz CT molecular complexity index is 1250. The van der Waals surface area contributed by atoms with Gasteiger partial charge >= 0.3 is 0 Å². The number of benzene rings is 1. The van der Waals surface area contributed by atoms with E-state index in [4.69, 9.17) is 9.47 Å². The van der Waals surface area contributed by atoms with Gasteiger partial charge in [0.2, 0.25) is 11.8 Å². The van der Waals surface area contributed by atoms with E-state index in [0.29, 0.717) is 35.9 Å². The first-order valence-electron chi connectivity index (χ1n) is 13.6. The summed E-state index contributed by atoms with van der Waals surface area (Å²) < 4.78 is 62.0. The number of carbonyl (C=O) groups is 4. The van der Waals surface area contributed by atoms with E-state index in [1.54, 1.807) is 24.3 Å². The molecule has 3 rings (SSSR count). The molecular formula is C28H36F4N4O6. The second kappa shape index (κ2) is 14.5. The van der Waals surface area contributed by atoms with E-state index in [1.807, 2.05) is 13.8 Å². The second-order valence-electron chi connectivity index (χ2n) is 10.8. The van der Waals surface area contributed by atoms with Gasteiger partial charge in [0.15, 0.2) is 6.10 Å². The molecule has 42 heavy (non-hydrogen) atoms. The van der Waals surface area contributed by atoms with Crippen LogP contribution in [-0.4, -0.2) is 79.8 Å². The Balaban J connectivity index is 1.83. The first-order chi connectivity index (χ1) is 19.9. The van der Waals surface area contributed by atoms with E-state index in [9.17, 15) is 36.7 Å². The van der Waals surface area contributed by atoms with Crippen molar-refractivity contribution in [2.75, 3.05) is 20.3 Å². The van der Waals surface area contributed by atoms with E-state index in [1.165, 1.54) is 7.11 Å². The van der Waals surface area contributed by atoms with Crippen molar-refractivity contribution in [3.8, 4) is 5.75 Å². The molecule has 3 atom stereocenters. The minimum absolute atomic E-state index is 0.0868. The average molecular weight is 601 g/mol. The van der Waals surface area contributed by atoms with Crippen molar-refractivity contribution >= 4 is 34.9 Å². The Morgan fingerprint density at radius 3 is 2.48 bits per heavy atom. The van der Waals surface area contributed by atoms with Gasteiger partial charge in [0.05, 0.1) is 19.3 Å². The van der Waals surface area contributed by atoms with Crippen LogP contribution in [0.4, 0.5) is 17.6 Å². The van der Waals surface area contributed by atoms with Crippen LogP contribution >= 0.6 is 0 Å². The SMILES string of the molecule is COc1cccc2[nH]c(C(=O)N[C@@H](CC(C)C)C(=O)N[C@@](C=O)(CCOC(C(F)F)C(F)F)C[C@@H]3CCNC3=O)cc12. The van der Waals surface area contributed by atoms with Crippen LogP contribution in [0.1, 0.15) is 50.0 Å². The third kappa shape index (κ3) is 8.20. The lowest BCUT2D eigenvalue weighted by molar-refractivity contribution is -0.138. The zero-order chi connectivity index (χ0) is 31.0. The van der Waals surface area contributed by atoms with Crippen LogP contribution in [0, 0.1) is 11.8 Å². The predicted molar refractivity (Wildman–Crippen MR) is 145 cm³/mol. The predicted octanol–water partition coefficient (Wildman–Crippen LogP) is 3.21. The molecule has 2 aromatic rings. The zero-order valence-electron chi connectivity index (χ0n) is 23.6. The maximum absolute atomic E-state index is 13.6. The molecule has 10 nitrogen and oxygen atoms in total. The number of alkyl halides is 4. The van der Waals surface area contributed by atoms with Gasteiger partial charge in [-0.1, -0.05) is 19.9 Å². The Hall–Kier alpha value is -3.68. The van der Waals surface area contributed by atoms with Gasteiger partial charge in [-0.05, 0) is 43.4 Å². The maximum Gasteiger partial charge on any atom is 0.269 e. The molecule has 1 fully saturated rings. The largest absolute Gasteiger partial charge is 0.496 e. The van der Waals surface area contributed by atoms with E-state index >= 15 is 0 Å². The number of ether oxygens (including phenoxy) is 2. The molecule has 14 heteroatoms. The van der Waals surface area contributed by atoms with Crippen molar-refractivity contribution in [3.63, 3.8) is 0 Å². The summed E-state index contributed by atoms with van der Waals surface area (Å²) in [7, 11) is 1.49. The smallest absolute Gasteiger partial charge is 0.269 e. The summed E-state index contributed by atoms with van der Waals surface area (Å²) in [6, 6.07) is 5.65. The molecule has 0 aliphatic carbocycles. The van der Waals surface area contributed by atoms with Gasteiger partial charge < -0.3 is 35.2 Å². The fraction of sp³-hybridized carbons (Fsp3) is 0.571. The van der Waals surface area contributed by atoms with Gasteiger partial charge in [-0.3, -0.25) is 14.4 Å². The fourth-order valence-corrected chi connectivity index (χ4v) is 4.96. The Morgan fingerprint density at radius 2 is 1.90 bits per heavy atom. The summed E-state index contributed by atoms with van der Waals surface area (Å²) in [5, 5.41) is 8.52. The first kappa shape index (κ1) is 32.8. The van der Waals surface area contributed by atoms with Crippen LogP contribution in [0.15, 0.2) is 24.3 Å². The standard InChI is InChI=1S/C28H36F4N4O6/c1-15(2)11-19(35-26(39)20-12-17-18(34-20)5-4-6-21(17)41-3)27(40)36-28(14-37,13-16-7-9-33-25(16)38)8-10-42-22(23(29)30)24(31)32/h4-6,12,14-16,19,22-24,34H,7-11,13H2,1-3H3,(H,33,38)(H,35,39)(H,36,40)/t16-,19-,28-/m0/s1. The summed E-state index contributed by atoms with van der Waals surface area (Å²) >= 11 is 0. The van der Waals surface area contributed by atoms with Crippen molar-refractivity contribution < 1.29 is 46.2 Å². The first-order valence-corrected chi connectivity index (χ1v) is 13.6. The number of carbonyl (C=O) groups excluding carboxylic acids is 4. The Morgan fingerprint density at radius 1 is 1.19 bits per heavy atom. The minimum atomic E-state index is -3.47. The number of halogens is 4. The second-order valence-corrected chi connectivity index (χ2v) is 10.8. The van der Waals surface area contributed by atoms with Crippen LogP contribution in [0.25, 0.3) is 10.9 Å². The molecule has 4 N–H and O–H groups in total. The molecule has 0 unspecified atom stereocenters. The molecule has 232 valence electrons. The van der Waals surface area contributed by atoms with E-state index in [2.05, 4.69) is 20.9 Å². The van der Waals surface area contributed by atoms with Crippen molar-refractivity contribution in [2.45, 2.75) is 70.1 Å². The fourth-order valence-electron chi connectivity index (χ4n) is 4.96. The molecular weight excluding hydrogens is 564 g/mol. The molecule has 1 saturated heterocycles. The monoisotopic (exact) mass is 600 g/mol. The third-order valence-corrected chi connectivity index (χ3v) is 7.14. The average Bonchev–Trinajstić information content (AvgIpc) is 3.55. The summed E-state index contributed by atoms with van der Waals surface area (Å²) in [6.45, 7) is 3.26. The summed E-state index contributed by atoms with van der Waals surface area (Å²) in [5.74, 6) is -1.99. The molecule has 0 bridgehead atoms. The summed E-state index contributed by atoms with van der Waals surface area (Å²) in [5.41, 5.74) is -1.03. The number of hydrogen-bond donors (Lipinski definition) is 4. The Kier molecular flexibility index (Phi) is 11.3. The molecule has 1 aliphatic heterocycles. The lowest BCUT2D eigenvalue weighted by Gasteiger charge is -2.33. The number of amides is 3. The van der Waals surface area contributed by atoms with E-state index in [0.717, 1.165) is 0 Å². The highest BCUT2D eigenvalue weighted by molar-refractivity contribution is 6.01. The van der Waals surface area contributed by atoms with Crippen molar-refractivity contribution in [1.29, 1.82) is 0 Å². The number of methoxy groups -OCH3 is 1. The lowest BCUT2D eigenvalue weighted by atomic mass is 9.84. The van der Waals surface area contributed by atoms with Crippen molar-refractivity contribution in [1.82, 2.24) is 20.9 Å². The number of aldehydes is 1. The molecule has 2 heterocycles. The molecule has 0 spiro atoms. The van der Waals surface area contributed by atoms with Gasteiger partial charge in [-0.25, -0.2) is 17.6 Å². The van der Waals surface area contributed by atoms with Crippen LogP contribution in [0.5, 0.6) is 5.75 Å². The highest BCUT2D eigenvalue weighted by atomic mass is 19.3. The van der Waals surface area contributed by atoms with Crippen molar-refractivity contribution in [2.24, 2.45) is 11.8 Å². The van der Waals surface area contributed by atoms with Gasteiger partial charge in [0.25, 0.3) is 18.8 Å². The van der Waals surface area contributed by atoms with Gasteiger partial charge in [0.1, 0.15) is 23.8 Å². The zero-order valence-corrected chi connectivity index (χ0v) is 23.6. The van der Waals surface area contributed by atoms with Crippen LogP contribution < -0.4 is 20.7 Å². The molecule has 1 aromatic carbocycles. The van der Waals surface area contributed by atoms with Crippen LogP contribution in [0.2, 0.25) is 0 Å². The topological polar surface area (TPSA) is 139 Å². The van der Waals surface area contributed by atoms with Crippen molar-refractivity contribution in [3.05, 3.63) is 30.0 Å². The van der Waals surface area contributed by atoms with Gasteiger partial charge in [-0.15, -0.1) is 0 Å². The van der Waals surface area contributed by atoms with Crippen LogP contribution in [-0.2, 0) is 19.1 Å². The summed E-state index contributed by atoms with van der Waals surface area (Å²) in [4.78, 5) is 54.5. The minimum Gasteiger partial charge on any atom is -0.496 e. The number of fused-ring (bicyclic) bond motifs is 1. The summed E-state index contributed by atoms with van der Waals surface area (Å²) in [6.07, 6.45) is -9.42.